The highest BCUT2D eigenvalue weighted by atomic mass is 35.5. The van der Waals surface area contributed by atoms with Gasteiger partial charge in [-0.05, 0) is 36.2 Å². The zero-order valence-electron chi connectivity index (χ0n) is 16.5. The third kappa shape index (κ3) is 4.99. The lowest BCUT2D eigenvalue weighted by Crippen LogP contribution is -2.33. The molecule has 0 radical (unpaired) electrons. The number of carbonyl (C=O) groups excluding carboxylic acids is 1. The van der Waals surface area contributed by atoms with Gasteiger partial charge in [0.1, 0.15) is 5.75 Å². The van der Waals surface area contributed by atoms with E-state index in [0.717, 1.165) is 11.1 Å². The van der Waals surface area contributed by atoms with Crippen LogP contribution in [0.3, 0.4) is 0 Å². The highest BCUT2D eigenvalue weighted by Gasteiger charge is 2.24. The van der Waals surface area contributed by atoms with E-state index in [1.54, 1.807) is 23.1 Å². The largest absolute Gasteiger partial charge is 0.496 e. The summed E-state index contributed by atoms with van der Waals surface area (Å²) in [5, 5.41) is 9.48. The Hall–Kier alpha value is -3.31. The Labute approximate surface area is 180 Å². The normalized spacial score (nSPS) is 10.5. The molecular formula is C24H22ClNO4. The smallest absolute Gasteiger partial charge is 0.303 e. The number of carboxylic acid groups (broad SMARTS) is 1. The minimum Gasteiger partial charge on any atom is -0.496 e. The number of halogens is 1. The van der Waals surface area contributed by atoms with Crippen LogP contribution >= 0.6 is 11.6 Å². The first-order valence-electron chi connectivity index (χ1n) is 9.53. The minimum absolute atomic E-state index is 0.0377. The van der Waals surface area contributed by atoms with Gasteiger partial charge < -0.3 is 14.7 Å². The van der Waals surface area contributed by atoms with Crippen LogP contribution in [0.4, 0.5) is 5.69 Å². The number of hydrogen-bond acceptors (Lipinski definition) is 3. The van der Waals surface area contributed by atoms with Crippen molar-refractivity contribution in [2.45, 2.75) is 12.8 Å². The fourth-order valence-corrected chi connectivity index (χ4v) is 3.46. The number of para-hydroxylation sites is 1. The standard InChI is InChI=1S/C24H22ClNO4/c1-30-22-14-13-18(25)16-20(22)24(29)26(15-7-12-23(27)28)21-11-6-5-10-19(21)17-8-3-2-4-9-17/h2-6,8-11,13-14,16H,7,12,15H2,1H3,(H,27,28). The van der Waals surface area contributed by atoms with Crippen molar-refractivity contribution in [2.75, 3.05) is 18.6 Å². The third-order valence-electron chi connectivity index (χ3n) is 4.69. The predicted molar refractivity (Wildman–Crippen MR) is 118 cm³/mol. The quantitative estimate of drug-likeness (QED) is 0.517. The lowest BCUT2D eigenvalue weighted by Gasteiger charge is -2.26. The van der Waals surface area contributed by atoms with E-state index < -0.39 is 5.97 Å². The summed E-state index contributed by atoms with van der Waals surface area (Å²) in [7, 11) is 1.49. The first kappa shape index (κ1) is 21.4. The Morgan fingerprint density at radius 1 is 1.00 bits per heavy atom. The molecule has 0 aromatic heterocycles. The molecule has 1 N–H and O–H groups in total. The van der Waals surface area contributed by atoms with Gasteiger partial charge in [0.25, 0.3) is 5.91 Å². The molecule has 3 rings (SSSR count). The van der Waals surface area contributed by atoms with Crippen molar-refractivity contribution in [3.8, 4) is 16.9 Å². The summed E-state index contributed by atoms with van der Waals surface area (Å²) < 4.78 is 5.36. The summed E-state index contributed by atoms with van der Waals surface area (Å²) >= 11 is 6.14. The molecule has 0 spiro atoms. The number of hydrogen-bond donors (Lipinski definition) is 1. The Bertz CT molecular complexity index is 1040. The van der Waals surface area contributed by atoms with E-state index in [-0.39, 0.29) is 18.9 Å². The van der Waals surface area contributed by atoms with Crippen LogP contribution in [0.1, 0.15) is 23.2 Å². The summed E-state index contributed by atoms with van der Waals surface area (Å²) in [6, 6.07) is 22.2. The van der Waals surface area contributed by atoms with Gasteiger partial charge in [0, 0.05) is 23.6 Å². The second-order valence-electron chi connectivity index (χ2n) is 6.68. The van der Waals surface area contributed by atoms with Crippen LogP contribution in [-0.4, -0.2) is 30.6 Å². The molecule has 0 fully saturated rings. The molecule has 0 unspecified atom stereocenters. The molecule has 0 saturated heterocycles. The zero-order chi connectivity index (χ0) is 21.5. The molecule has 3 aromatic carbocycles. The summed E-state index contributed by atoms with van der Waals surface area (Å²) in [5.41, 5.74) is 2.86. The van der Waals surface area contributed by atoms with Crippen LogP contribution < -0.4 is 9.64 Å². The molecule has 0 aliphatic carbocycles. The maximum atomic E-state index is 13.6. The lowest BCUT2D eigenvalue weighted by atomic mass is 10.0. The number of anilines is 1. The minimum atomic E-state index is -0.904. The number of carboxylic acids is 1. The number of rotatable bonds is 8. The van der Waals surface area contributed by atoms with Gasteiger partial charge in [-0.2, -0.15) is 0 Å². The van der Waals surface area contributed by atoms with Gasteiger partial charge in [-0.25, -0.2) is 0 Å². The van der Waals surface area contributed by atoms with Crippen LogP contribution in [0.15, 0.2) is 72.8 Å². The number of methoxy groups -OCH3 is 1. The highest BCUT2D eigenvalue weighted by Crippen LogP contribution is 2.33. The molecule has 0 aliphatic rings. The van der Waals surface area contributed by atoms with E-state index >= 15 is 0 Å². The molecule has 0 saturated carbocycles. The maximum absolute atomic E-state index is 13.6. The highest BCUT2D eigenvalue weighted by molar-refractivity contribution is 6.31. The fraction of sp³-hybridized carbons (Fsp3) is 0.167. The average molecular weight is 424 g/mol. The number of aliphatic carboxylic acids is 1. The van der Waals surface area contributed by atoms with Gasteiger partial charge in [-0.1, -0.05) is 60.1 Å². The van der Waals surface area contributed by atoms with Crippen molar-refractivity contribution in [1.82, 2.24) is 0 Å². The fourth-order valence-electron chi connectivity index (χ4n) is 3.28. The predicted octanol–water partition coefficient (Wildman–Crippen LogP) is 5.53. The van der Waals surface area contributed by atoms with Gasteiger partial charge in [-0.3, -0.25) is 9.59 Å². The number of ether oxygens (including phenoxy) is 1. The second kappa shape index (κ2) is 9.94. The molecular weight excluding hydrogens is 402 g/mol. The van der Waals surface area contributed by atoms with E-state index in [1.807, 2.05) is 54.6 Å². The van der Waals surface area contributed by atoms with Crippen LogP contribution in [-0.2, 0) is 4.79 Å². The number of nitrogens with zero attached hydrogens (tertiary/aromatic N) is 1. The van der Waals surface area contributed by atoms with Gasteiger partial charge in [0.15, 0.2) is 0 Å². The number of amides is 1. The van der Waals surface area contributed by atoms with Crippen molar-refractivity contribution >= 4 is 29.2 Å². The molecule has 0 atom stereocenters. The van der Waals surface area contributed by atoms with Gasteiger partial charge in [0.05, 0.1) is 18.4 Å². The molecule has 6 heteroatoms. The molecule has 3 aromatic rings. The molecule has 30 heavy (non-hydrogen) atoms. The number of carbonyl (C=O) groups is 2. The van der Waals surface area contributed by atoms with E-state index in [4.69, 9.17) is 21.4 Å². The van der Waals surface area contributed by atoms with E-state index in [9.17, 15) is 9.59 Å². The molecule has 0 bridgehead atoms. The molecule has 5 nitrogen and oxygen atoms in total. The third-order valence-corrected chi connectivity index (χ3v) is 4.92. The monoisotopic (exact) mass is 423 g/mol. The van der Waals surface area contributed by atoms with Crippen molar-refractivity contribution < 1.29 is 19.4 Å². The van der Waals surface area contributed by atoms with E-state index in [0.29, 0.717) is 28.4 Å². The van der Waals surface area contributed by atoms with Crippen LogP contribution in [0.2, 0.25) is 5.02 Å². The van der Waals surface area contributed by atoms with Crippen molar-refractivity contribution in [2.24, 2.45) is 0 Å². The Morgan fingerprint density at radius 3 is 2.40 bits per heavy atom. The first-order valence-corrected chi connectivity index (χ1v) is 9.90. The summed E-state index contributed by atoms with van der Waals surface area (Å²) in [6.07, 6.45) is 0.275. The van der Waals surface area contributed by atoms with E-state index in [1.165, 1.54) is 7.11 Å². The molecule has 0 heterocycles. The van der Waals surface area contributed by atoms with Gasteiger partial charge in [0.2, 0.25) is 0 Å². The van der Waals surface area contributed by atoms with Crippen LogP contribution in [0.5, 0.6) is 5.75 Å². The molecule has 0 aliphatic heterocycles. The van der Waals surface area contributed by atoms with E-state index in [2.05, 4.69) is 0 Å². The summed E-state index contributed by atoms with van der Waals surface area (Å²) in [6.45, 7) is 0.241. The Morgan fingerprint density at radius 2 is 1.70 bits per heavy atom. The average Bonchev–Trinajstić information content (AvgIpc) is 2.77. The van der Waals surface area contributed by atoms with Crippen molar-refractivity contribution in [3.63, 3.8) is 0 Å². The Balaban J connectivity index is 2.08. The van der Waals surface area contributed by atoms with Crippen molar-refractivity contribution in [3.05, 3.63) is 83.4 Å². The second-order valence-corrected chi connectivity index (χ2v) is 7.12. The summed E-state index contributed by atoms with van der Waals surface area (Å²) in [4.78, 5) is 26.2. The number of benzene rings is 3. The lowest BCUT2D eigenvalue weighted by molar-refractivity contribution is -0.137. The summed E-state index contributed by atoms with van der Waals surface area (Å²) in [5.74, 6) is -0.799. The zero-order valence-corrected chi connectivity index (χ0v) is 17.3. The van der Waals surface area contributed by atoms with Crippen LogP contribution in [0.25, 0.3) is 11.1 Å². The van der Waals surface area contributed by atoms with Crippen LogP contribution in [0, 0.1) is 0 Å². The molecule has 154 valence electrons. The Kier molecular flexibility index (Phi) is 7.09. The van der Waals surface area contributed by atoms with Crippen molar-refractivity contribution in [1.29, 1.82) is 0 Å². The molecule has 1 amide bonds. The first-order chi connectivity index (χ1) is 14.5. The topological polar surface area (TPSA) is 66.8 Å². The SMILES string of the molecule is COc1ccc(Cl)cc1C(=O)N(CCCC(=O)O)c1ccccc1-c1ccccc1. The maximum Gasteiger partial charge on any atom is 0.303 e. The van der Waals surface area contributed by atoms with Gasteiger partial charge >= 0.3 is 5.97 Å². The van der Waals surface area contributed by atoms with Gasteiger partial charge in [-0.15, -0.1) is 0 Å².